The van der Waals surface area contributed by atoms with Crippen LogP contribution in [0.4, 0.5) is 10.1 Å². The van der Waals surface area contributed by atoms with Crippen LogP contribution >= 0.6 is 0 Å². The van der Waals surface area contributed by atoms with Gasteiger partial charge in [-0.05, 0) is 31.4 Å². The number of carbonyl (C=O) groups is 3. The SMILES string of the molecule is CCOC(=O)CC(CC(C)C)NC(=O)Cn1cc(NC(=O)c2ccccc2F)cn1. The summed E-state index contributed by atoms with van der Waals surface area (Å²) in [5.41, 5.74) is 0.250. The van der Waals surface area contributed by atoms with E-state index >= 15 is 0 Å². The Hall–Kier alpha value is -3.23. The van der Waals surface area contributed by atoms with Crippen LogP contribution in [0.25, 0.3) is 0 Å². The highest BCUT2D eigenvalue weighted by atomic mass is 19.1. The molecule has 0 aliphatic carbocycles. The van der Waals surface area contributed by atoms with Crippen molar-refractivity contribution in [3.8, 4) is 0 Å². The number of aromatic nitrogens is 2. The number of rotatable bonds is 10. The highest BCUT2D eigenvalue weighted by Gasteiger charge is 2.19. The highest BCUT2D eigenvalue weighted by molar-refractivity contribution is 6.04. The number of anilines is 1. The van der Waals surface area contributed by atoms with Gasteiger partial charge in [-0.25, -0.2) is 4.39 Å². The van der Waals surface area contributed by atoms with E-state index < -0.39 is 11.7 Å². The van der Waals surface area contributed by atoms with Crippen molar-refractivity contribution in [3.05, 3.63) is 48.0 Å². The molecule has 0 spiro atoms. The molecule has 0 fully saturated rings. The summed E-state index contributed by atoms with van der Waals surface area (Å²) in [5.74, 6) is -1.63. The van der Waals surface area contributed by atoms with Gasteiger partial charge in [-0.3, -0.25) is 19.1 Å². The molecule has 2 amide bonds. The first kappa shape index (κ1) is 23.1. The molecule has 0 saturated heterocycles. The second-order valence-corrected chi connectivity index (χ2v) is 7.26. The number of carbonyl (C=O) groups excluding carboxylic acids is 3. The van der Waals surface area contributed by atoms with E-state index in [-0.39, 0.29) is 49.0 Å². The standard InChI is InChI=1S/C21H27FN4O4/c1-4-30-20(28)10-15(9-14(2)3)24-19(27)13-26-12-16(11-23-26)25-21(29)17-7-5-6-8-18(17)22/h5-8,11-12,14-15H,4,9-10,13H2,1-3H3,(H,24,27)(H,25,29). The Bertz CT molecular complexity index is 881. The molecule has 2 rings (SSSR count). The number of halogens is 1. The largest absolute Gasteiger partial charge is 0.466 e. The smallest absolute Gasteiger partial charge is 0.307 e. The average molecular weight is 418 g/mol. The molecule has 2 aromatic rings. The van der Waals surface area contributed by atoms with Crippen LogP contribution in [0.1, 0.15) is 44.0 Å². The van der Waals surface area contributed by atoms with Crippen molar-refractivity contribution in [2.45, 2.75) is 46.2 Å². The van der Waals surface area contributed by atoms with Gasteiger partial charge < -0.3 is 15.4 Å². The van der Waals surface area contributed by atoms with E-state index in [1.807, 2.05) is 13.8 Å². The summed E-state index contributed by atoms with van der Waals surface area (Å²) in [5, 5.41) is 9.42. The van der Waals surface area contributed by atoms with Gasteiger partial charge in [0.25, 0.3) is 5.91 Å². The van der Waals surface area contributed by atoms with Gasteiger partial charge in [0.05, 0.1) is 30.5 Å². The maximum atomic E-state index is 13.7. The Morgan fingerprint density at radius 1 is 1.23 bits per heavy atom. The first-order chi connectivity index (χ1) is 14.3. The molecule has 30 heavy (non-hydrogen) atoms. The number of nitrogens with zero attached hydrogens (tertiary/aromatic N) is 2. The third-order valence-electron chi connectivity index (χ3n) is 4.15. The summed E-state index contributed by atoms with van der Waals surface area (Å²) in [4.78, 5) is 36.3. The summed E-state index contributed by atoms with van der Waals surface area (Å²) < 4.78 is 20.0. The molecule has 2 N–H and O–H groups in total. The van der Waals surface area contributed by atoms with E-state index in [1.165, 1.54) is 35.3 Å². The van der Waals surface area contributed by atoms with E-state index in [2.05, 4.69) is 15.7 Å². The number of esters is 1. The molecule has 162 valence electrons. The molecule has 0 aliphatic heterocycles. The zero-order valence-electron chi connectivity index (χ0n) is 17.4. The van der Waals surface area contributed by atoms with Crippen LogP contribution in [0.5, 0.6) is 0 Å². The summed E-state index contributed by atoms with van der Waals surface area (Å²) in [7, 11) is 0. The second kappa shape index (κ2) is 11.1. The molecule has 0 saturated carbocycles. The monoisotopic (exact) mass is 418 g/mol. The van der Waals surface area contributed by atoms with Crippen molar-refractivity contribution in [2.75, 3.05) is 11.9 Å². The second-order valence-electron chi connectivity index (χ2n) is 7.26. The predicted octanol–water partition coefficient (Wildman–Crippen LogP) is 2.76. The Morgan fingerprint density at radius 2 is 1.97 bits per heavy atom. The zero-order chi connectivity index (χ0) is 22.1. The van der Waals surface area contributed by atoms with E-state index in [4.69, 9.17) is 4.74 Å². The number of amides is 2. The van der Waals surface area contributed by atoms with Crippen molar-refractivity contribution in [3.63, 3.8) is 0 Å². The van der Waals surface area contributed by atoms with Crippen molar-refractivity contribution in [1.82, 2.24) is 15.1 Å². The molecule has 1 aromatic carbocycles. The minimum Gasteiger partial charge on any atom is -0.466 e. The van der Waals surface area contributed by atoms with Crippen LogP contribution in [-0.2, 0) is 20.9 Å². The number of hydrogen-bond donors (Lipinski definition) is 2. The third kappa shape index (κ3) is 7.31. The van der Waals surface area contributed by atoms with Crippen molar-refractivity contribution in [2.24, 2.45) is 5.92 Å². The first-order valence-electron chi connectivity index (χ1n) is 9.81. The van der Waals surface area contributed by atoms with E-state index in [0.29, 0.717) is 12.1 Å². The molecule has 0 bridgehead atoms. The Kier molecular flexibility index (Phi) is 8.52. The molecule has 0 radical (unpaired) electrons. The molecule has 1 atom stereocenters. The number of ether oxygens (including phenoxy) is 1. The summed E-state index contributed by atoms with van der Waals surface area (Å²) in [6.45, 7) is 5.93. The van der Waals surface area contributed by atoms with E-state index in [9.17, 15) is 18.8 Å². The van der Waals surface area contributed by atoms with Gasteiger partial charge in [0.1, 0.15) is 12.4 Å². The molecule has 8 nitrogen and oxygen atoms in total. The van der Waals surface area contributed by atoms with Crippen LogP contribution in [0, 0.1) is 11.7 Å². The van der Waals surface area contributed by atoms with Crippen molar-refractivity contribution in [1.29, 1.82) is 0 Å². The Morgan fingerprint density at radius 3 is 2.63 bits per heavy atom. The summed E-state index contributed by atoms with van der Waals surface area (Å²) in [6, 6.07) is 5.30. The normalized spacial score (nSPS) is 11.8. The molecular weight excluding hydrogens is 391 g/mol. The maximum Gasteiger partial charge on any atom is 0.307 e. The maximum absolute atomic E-state index is 13.7. The quantitative estimate of drug-likeness (QED) is 0.578. The van der Waals surface area contributed by atoms with Gasteiger partial charge in [-0.1, -0.05) is 26.0 Å². The minimum atomic E-state index is -0.625. The highest BCUT2D eigenvalue weighted by Crippen LogP contribution is 2.12. The van der Waals surface area contributed by atoms with Crippen molar-refractivity contribution >= 4 is 23.5 Å². The van der Waals surface area contributed by atoms with Crippen LogP contribution in [-0.4, -0.2) is 40.2 Å². The van der Waals surface area contributed by atoms with Crippen LogP contribution in [0.15, 0.2) is 36.7 Å². The first-order valence-corrected chi connectivity index (χ1v) is 9.81. The average Bonchev–Trinajstić information content (AvgIpc) is 3.08. The van der Waals surface area contributed by atoms with Crippen LogP contribution in [0.2, 0.25) is 0 Å². The van der Waals surface area contributed by atoms with E-state index in [0.717, 1.165) is 0 Å². The van der Waals surface area contributed by atoms with Crippen molar-refractivity contribution < 1.29 is 23.5 Å². The lowest BCUT2D eigenvalue weighted by Gasteiger charge is -2.19. The molecule has 9 heteroatoms. The van der Waals surface area contributed by atoms with Gasteiger partial charge in [-0.15, -0.1) is 0 Å². The van der Waals surface area contributed by atoms with Gasteiger partial charge in [0, 0.05) is 12.2 Å². The minimum absolute atomic E-state index is 0.0847. The number of nitrogens with one attached hydrogen (secondary N) is 2. The third-order valence-corrected chi connectivity index (χ3v) is 4.15. The Balaban J connectivity index is 1.93. The Labute approximate surface area is 174 Å². The van der Waals surface area contributed by atoms with Crippen LogP contribution in [0.3, 0.4) is 0 Å². The molecule has 1 unspecified atom stereocenters. The molecular formula is C21H27FN4O4. The molecule has 1 heterocycles. The fraction of sp³-hybridized carbons (Fsp3) is 0.429. The molecule has 1 aromatic heterocycles. The lowest BCUT2D eigenvalue weighted by Crippen LogP contribution is -2.39. The van der Waals surface area contributed by atoms with E-state index in [1.54, 1.807) is 13.0 Å². The lowest BCUT2D eigenvalue weighted by atomic mass is 10.0. The van der Waals surface area contributed by atoms with Gasteiger partial charge in [0.15, 0.2) is 0 Å². The number of benzene rings is 1. The predicted molar refractivity (Wildman–Crippen MR) is 109 cm³/mol. The number of hydrogen-bond acceptors (Lipinski definition) is 5. The molecule has 0 aliphatic rings. The van der Waals surface area contributed by atoms with Gasteiger partial charge >= 0.3 is 5.97 Å². The zero-order valence-corrected chi connectivity index (χ0v) is 17.4. The fourth-order valence-electron chi connectivity index (χ4n) is 2.96. The topological polar surface area (TPSA) is 102 Å². The van der Waals surface area contributed by atoms with Gasteiger partial charge in [-0.2, -0.15) is 5.10 Å². The van der Waals surface area contributed by atoms with Crippen LogP contribution < -0.4 is 10.6 Å². The summed E-state index contributed by atoms with van der Waals surface area (Å²) >= 11 is 0. The fourth-order valence-corrected chi connectivity index (χ4v) is 2.96. The summed E-state index contributed by atoms with van der Waals surface area (Å²) in [6.07, 6.45) is 3.58. The van der Waals surface area contributed by atoms with Gasteiger partial charge in [0.2, 0.25) is 5.91 Å². The lowest BCUT2D eigenvalue weighted by molar-refractivity contribution is -0.143.